The van der Waals surface area contributed by atoms with E-state index in [9.17, 15) is 0 Å². The van der Waals surface area contributed by atoms with Crippen LogP contribution in [0.3, 0.4) is 0 Å². The van der Waals surface area contributed by atoms with Crippen LogP contribution in [0.1, 0.15) is 25.1 Å². The van der Waals surface area contributed by atoms with Gasteiger partial charge < -0.3 is 10.2 Å². The second kappa shape index (κ2) is 7.73. The van der Waals surface area contributed by atoms with Crippen LogP contribution in [-0.4, -0.2) is 36.6 Å². The van der Waals surface area contributed by atoms with E-state index >= 15 is 0 Å². The average Bonchev–Trinajstić information content (AvgIpc) is 3.12. The van der Waals surface area contributed by atoms with Crippen molar-refractivity contribution in [2.75, 3.05) is 7.05 Å². The number of nitrogens with zero attached hydrogens (tertiary/aromatic N) is 5. The fourth-order valence-electron chi connectivity index (χ4n) is 2.10. The maximum Gasteiger partial charge on any atom is 0.169 e. The lowest BCUT2D eigenvalue weighted by Gasteiger charge is -2.21. The minimum atomic E-state index is 0.678. The molecule has 0 aliphatic carbocycles. The maximum absolute atomic E-state index is 5.45. The van der Waals surface area contributed by atoms with Crippen molar-refractivity contribution in [1.29, 1.82) is 0 Å². The molecule has 0 aromatic carbocycles. The number of aryl methyl sites for hydroxylation is 2. The zero-order valence-electron chi connectivity index (χ0n) is 13.1. The highest BCUT2D eigenvalue weighted by Crippen LogP contribution is 2.17. The van der Waals surface area contributed by atoms with E-state index in [0.717, 1.165) is 28.8 Å². The summed E-state index contributed by atoms with van der Waals surface area (Å²) < 4.78 is 4.88. The van der Waals surface area contributed by atoms with Crippen molar-refractivity contribution < 1.29 is 0 Å². The Hall–Kier alpha value is -1.41. The molecule has 120 valence electrons. The molecular weight excluding hydrogens is 364 g/mol. The fourth-order valence-corrected chi connectivity index (χ4v) is 2.66. The Morgan fingerprint density at radius 1 is 1.32 bits per heavy atom. The predicted molar refractivity (Wildman–Crippen MR) is 94.4 cm³/mol. The topological polar surface area (TPSA) is 50.9 Å². The van der Waals surface area contributed by atoms with Crippen molar-refractivity contribution in [1.82, 2.24) is 29.8 Å². The number of hydrogen-bond donors (Lipinski definition) is 1. The van der Waals surface area contributed by atoms with Crippen molar-refractivity contribution in [3.05, 3.63) is 34.3 Å². The molecule has 0 atom stereocenters. The highest BCUT2D eigenvalue weighted by atomic mass is 79.9. The van der Waals surface area contributed by atoms with Gasteiger partial charge in [0.05, 0.1) is 29.1 Å². The van der Waals surface area contributed by atoms with Crippen LogP contribution >= 0.6 is 28.1 Å². The summed E-state index contributed by atoms with van der Waals surface area (Å²) in [6, 6.07) is 0. The summed E-state index contributed by atoms with van der Waals surface area (Å²) in [6.07, 6.45) is 5.71. The van der Waals surface area contributed by atoms with Crippen molar-refractivity contribution in [3.8, 4) is 0 Å². The van der Waals surface area contributed by atoms with Gasteiger partial charge in [-0.1, -0.05) is 0 Å². The molecule has 1 N–H and O–H groups in total. The van der Waals surface area contributed by atoms with Gasteiger partial charge in [0.2, 0.25) is 0 Å². The maximum atomic E-state index is 5.45. The van der Waals surface area contributed by atoms with Crippen molar-refractivity contribution in [2.45, 2.75) is 40.0 Å². The zero-order chi connectivity index (χ0) is 16.1. The summed E-state index contributed by atoms with van der Waals surface area (Å²) in [5.74, 6) is 0. The van der Waals surface area contributed by atoms with Crippen LogP contribution in [0.25, 0.3) is 0 Å². The lowest BCUT2D eigenvalue weighted by atomic mass is 10.3. The second-order valence-electron chi connectivity index (χ2n) is 4.97. The molecule has 0 radical (unpaired) electrons. The first-order chi connectivity index (χ1) is 10.5. The third-order valence-electron chi connectivity index (χ3n) is 3.39. The first kappa shape index (κ1) is 17.0. The summed E-state index contributed by atoms with van der Waals surface area (Å²) in [5.41, 5.74) is 2.24. The molecular formula is C14H21BrN6S. The van der Waals surface area contributed by atoms with Gasteiger partial charge in [-0.05, 0) is 42.0 Å². The first-order valence-electron chi connectivity index (χ1n) is 7.25. The van der Waals surface area contributed by atoms with E-state index in [0.29, 0.717) is 18.2 Å². The molecule has 0 fully saturated rings. The Labute approximate surface area is 144 Å². The zero-order valence-corrected chi connectivity index (χ0v) is 15.5. The molecule has 0 unspecified atom stereocenters. The molecule has 2 rings (SSSR count). The quantitative estimate of drug-likeness (QED) is 0.774. The Kier molecular flexibility index (Phi) is 5.96. The van der Waals surface area contributed by atoms with Crippen LogP contribution in [0, 0.1) is 0 Å². The fraction of sp³-hybridized carbons (Fsp3) is 0.500. The Balaban J connectivity index is 1.90. The molecule has 6 nitrogen and oxygen atoms in total. The standard InChI is InChI=1S/C14H21BrN6S/c1-4-20-9-11(7-17-20)6-16-14(22)19(3)10-13-12(15)8-18-21(13)5-2/h7-9H,4-6,10H2,1-3H3,(H,16,22). The molecule has 0 bridgehead atoms. The molecule has 8 heteroatoms. The summed E-state index contributed by atoms with van der Waals surface area (Å²) in [5, 5.41) is 12.5. The van der Waals surface area contributed by atoms with Gasteiger partial charge in [-0.15, -0.1) is 0 Å². The van der Waals surface area contributed by atoms with Crippen LogP contribution in [0.4, 0.5) is 0 Å². The van der Waals surface area contributed by atoms with E-state index in [2.05, 4.69) is 45.3 Å². The van der Waals surface area contributed by atoms with Gasteiger partial charge in [-0.3, -0.25) is 9.36 Å². The van der Waals surface area contributed by atoms with Gasteiger partial charge in [0.1, 0.15) is 0 Å². The minimum Gasteiger partial charge on any atom is -0.358 e. The summed E-state index contributed by atoms with van der Waals surface area (Å²) >= 11 is 8.99. The third kappa shape index (κ3) is 4.07. The summed E-state index contributed by atoms with van der Waals surface area (Å²) in [6.45, 7) is 7.23. The van der Waals surface area contributed by atoms with Gasteiger partial charge in [0.25, 0.3) is 0 Å². The second-order valence-corrected chi connectivity index (χ2v) is 6.22. The largest absolute Gasteiger partial charge is 0.358 e. The predicted octanol–water partition coefficient (Wildman–Crippen LogP) is 2.39. The number of aromatic nitrogens is 4. The van der Waals surface area contributed by atoms with E-state index in [1.165, 1.54) is 0 Å². The SMILES string of the molecule is CCn1cc(CNC(=S)N(C)Cc2c(Br)cnn2CC)cn1. The van der Waals surface area contributed by atoms with E-state index in [1.807, 2.05) is 39.9 Å². The van der Waals surface area contributed by atoms with Gasteiger partial charge in [0, 0.05) is 38.4 Å². The van der Waals surface area contributed by atoms with E-state index in [4.69, 9.17) is 12.2 Å². The highest BCUT2D eigenvalue weighted by Gasteiger charge is 2.12. The van der Waals surface area contributed by atoms with Crippen molar-refractivity contribution in [3.63, 3.8) is 0 Å². The lowest BCUT2D eigenvalue weighted by molar-refractivity contribution is 0.456. The van der Waals surface area contributed by atoms with Crippen LogP contribution < -0.4 is 5.32 Å². The van der Waals surface area contributed by atoms with Gasteiger partial charge in [-0.25, -0.2) is 0 Å². The van der Waals surface area contributed by atoms with Crippen molar-refractivity contribution >= 4 is 33.3 Å². The monoisotopic (exact) mass is 384 g/mol. The minimum absolute atomic E-state index is 0.678. The lowest BCUT2D eigenvalue weighted by Crippen LogP contribution is -2.36. The molecule has 2 aromatic rings. The van der Waals surface area contributed by atoms with E-state index < -0.39 is 0 Å². The Morgan fingerprint density at radius 3 is 2.73 bits per heavy atom. The van der Waals surface area contributed by atoms with Gasteiger partial charge >= 0.3 is 0 Å². The highest BCUT2D eigenvalue weighted by molar-refractivity contribution is 9.10. The normalized spacial score (nSPS) is 10.7. The number of hydrogen-bond acceptors (Lipinski definition) is 3. The molecule has 2 aromatic heterocycles. The van der Waals surface area contributed by atoms with Crippen LogP contribution in [0.5, 0.6) is 0 Å². The Morgan fingerprint density at radius 2 is 2.09 bits per heavy atom. The van der Waals surface area contributed by atoms with E-state index in [1.54, 1.807) is 0 Å². The molecule has 0 aliphatic heterocycles. The molecule has 0 spiro atoms. The molecule has 0 saturated carbocycles. The molecule has 0 aliphatic rings. The number of thiocarbonyl (C=S) groups is 1. The van der Waals surface area contributed by atoms with Crippen LogP contribution in [-0.2, 0) is 26.2 Å². The number of nitrogens with one attached hydrogen (secondary N) is 1. The first-order valence-corrected chi connectivity index (χ1v) is 8.45. The molecule has 2 heterocycles. The third-order valence-corrected chi connectivity index (χ3v) is 4.50. The van der Waals surface area contributed by atoms with Crippen LogP contribution in [0.2, 0.25) is 0 Å². The molecule has 0 amide bonds. The smallest absolute Gasteiger partial charge is 0.169 e. The molecule has 0 saturated heterocycles. The van der Waals surface area contributed by atoms with E-state index in [-0.39, 0.29) is 0 Å². The number of rotatable bonds is 6. The van der Waals surface area contributed by atoms with Gasteiger partial charge in [-0.2, -0.15) is 10.2 Å². The Bertz CT molecular complexity index is 635. The number of halogens is 1. The van der Waals surface area contributed by atoms with Crippen LogP contribution in [0.15, 0.2) is 23.1 Å². The summed E-state index contributed by atoms with van der Waals surface area (Å²) in [7, 11) is 1.98. The average molecular weight is 385 g/mol. The van der Waals surface area contributed by atoms with Crippen molar-refractivity contribution in [2.24, 2.45) is 0 Å². The summed E-state index contributed by atoms with van der Waals surface area (Å²) in [4.78, 5) is 2.01. The molecule has 22 heavy (non-hydrogen) atoms. The van der Waals surface area contributed by atoms with Gasteiger partial charge in [0.15, 0.2) is 5.11 Å².